The Labute approximate surface area is 208 Å². The molecule has 8 N–H and O–H groups in total. The van der Waals surface area contributed by atoms with Crippen LogP contribution in [0.1, 0.15) is 25.8 Å². The fourth-order valence-electron chi connectivity index (χ4n) is 3.43. The van der Waals surface area contributed by atoms with Gasteiger partial charge in [-0.15, -0.1) is 0 Å². The van der Waals surface area contributed by atoms with Crippen LogP contribution < -0.4 is 21.7 Å². The molecule has 192 valence electrons. The van der Waals surface area contributed by atoms with Crippen LogP contribution in [-0.4, -0.2) is 75.4 Å². The van der Waals surface area contributed by atoms with E-state index in [-0.39, 0.29) is 18.1 Å². The molecular formula is C23H33N5O6S. The van der Waals surface area contributed by atoms with E-state index in [9.17, 15) is 29.4 Å². The third-order valence-corrected chi connectivity index (χ3v) is 6.27. The number of H-pyrrole nitrogens is 1. The zero-order valence-electron chi connectivity index (χ0n) is 19.7. The topological polar surface area (TPSA) is 187 Å². The molecule has 12 heteroatoms. The zero-order chi connectivity index (χ0) is 26.1. The number of fused-ring (bicyclic) bond motifs is 1. The number of nitrogens with one attached hydrogen (secondary N) is 4. The minimum atomic E-state index is -1.54. The largest absolute Gasteiger partial charge is 0.480 e. The van der Waals surface area contributed by atoms with Gasteiger partial charge in [-0.2, -0.15) is 12.6 Å². The van der Waals surface area contributed by atoms with Crippen molar-refractivity contribution < 1.29 is 29.4 Å². The van der Waals surface area contributed by atoms with Gasteiger partial charge in [-0.25, -0.2) is 4.79 Å². The summed E-state index contributed by atoms with van der Waals surface area (Å²) in [7, 11) is 0. The lowest BCUT2D eigenvalue weighted by molar-refractivity contribution is -0.143. The number of carbonyl (C=O) groups is 4. The van der Waals surface area contributed by atoms with Crippen molar-refractivity contribution in [1.29, 1.82) is 0 Å². The summed E-state index contributed by atoms with van der Waals surface area (Å²) in [6.45, 7) is 2.89. The molecule has 11 nitrogen and oxygen atoms in total. The highest BCUT2D eigenvalue weighted by Gasteiger charge is 2.31. The van der Waals surface area contributed by atoms with Crippen LogP contribution in [0.4, 0.5) is 0 Å². The normalized spacial score (nSPS) is 15.5. The summed E-state index contributed by atoms with van der Waals surface area (Å²) in [5.74, 6) is -3.58. The fraction of sp³-hybridized carbons (Fsp3) is 0.478. The lowest BCUT2D eigenvalue weighted by Crippen LogP contribution is -2.58. The lowest BCUT2D eigenvalue weighted by atomic mass is 9.99. The van der Waals surface area contributed by atoms with Gasteiger partial charge in [0, 0.05) is 29.3 Å². The Morgan fingerprint density at radius 2 is 1.63 bits per heavy atom. The van der Waals surface area contributed by atoms with Gasteiger partial charge < -0.3 is 36.9 Å². The van der Waals surface area contributed by atoms with Crippen molar-refractivity contribution in [1.82, 2.24) is 20.9 Å². The molecule has 0 aliphatic rings. The average molecular weight is 508 g/mol. The Kier molecular flexibility index (Phi) is 10.6. The number of carbonyl (C=O) groups excluding carboxylic acids is 3. The molecule has 0 bridgehead atoms. The van der Waals surface area contributed by atoms with E-state index >= 15 is 0 Å². The number of para-hydroxylation sites is 1. The maximum absolute atomic E-state index is 13.0. The van der Waals surface area contributed by atoms with E-state index in [2.05, 4.69) is 33.6 Å². The number of carboxylic acid groups (broad SMARTS) is 1. The highest BCUT2D eigenvalue weighted by atomic mass is 32.1. The molecule has 1 aromatic carbocycles. The molecule has 1 heterocycles. The zero-order valence-corrected chi connectivity index (χ0v) is 20.5. The molecule has 2 aromatic rings. The van der Waals surface area contributed by atoms with Gasteiger partial charge in [0.1, 0.15) is 18.1 Å². The van der Waals surface area contributed by atoms with Gasteiger partial charge in [0.2, 0.25) is 17.7 Å². The standard InChI is InChI=1S/C23H33N5O6S/c1-3-12(2)19(24)22(32)28-18(11-35)21(31)26-16(20(30)27-17(10-29)23(33)34)8-13-9-25-15-7-5-4-6-14(13)15/h4-7,9,12,16-19,25,29,35H,3,8,10-11,24H2,1-2H3,(H,26,31)(H,27,30)(H,28,32)(H,33,34). The molecule has 5 unspecified atom stereocenters. The molecule has 0 aliphatic heterocycles. The predicted octanol–water partition coefficient (Wildman–Crippen LogP) is -0.455. The predicted molar refractivity (Wildman–Crippen MR) is 134 cm³/mol. The van der Waals surface area contributed by atoms with E-state index in [1.807, 2.05) is 38.1 Å². The van der Waals surface area contributed by atoms with E-state index in [0.717, 1.165) is 10.9 Å². The Hall–Kier alpha value is -3.09. The van der Waals surface area contributed by atoms with Crippen LogP contribution in [0.2, 0.25) is 0 Å². The number of benzene rings is 1. The monoisotopic (exact) mass is 507 g/mol. The number of thiol groups is 1. The lowest BCUT2D eigenvalue weighted by Gasteiger charge is -2.25. The molecule has 0 saturated heterocycles. The van der Waals surface area contributed by atoms with E-state index < -0.39 is 54.5 Å². The Morgan fingerprint density at radius 3 is 2.23 bits per heavy atom. The molecular weight excluding hydrogens is 474 g/mol. The molecule has 35 heavy (non-hydrogen) atoms. The van der Waals surface area contributed by atoms with E-state index in [0.29, 0.717) is 12.0 Å². The molecule has 0 spiro atoms. The molecule has 5 atom stereocenters. The van der Waals surface area contributed by atoms with Crippen LogP contribution in [0.5, 0.6) is 0 Å². The maximum atomic E-state index is 13.0. The number of nitrogens with two attached hydrogens (primary N) is 1. The quantitative estimate of drug-likeness (QED) is 0.169. The number of aliphatic hydroxyl groups is 1. The third kappa shape index (κ3) is 7.44. The van der Waals surface area contributed by atoms with Crippen LogP contribution in [0.25, 0.3) is 10.9 Å². The number of aromatic nitrogens is 1. The van der Waals surface area contributed by atoms with Crippen LogP contribution in [0, 0.1) is 5.92 Å². The number of aliphatic carboxylic acids is 1. The number of rotatable bonds is 13. The van der Waals surface area contributed by atoms with E-state index in [1.165, 1.54) is 0 Å². The van der Waals surface area contributed by atoms with Crippen molar-refractivity contribution in [3.05, 3.63) is 36.0 Å². The molecule has 1 aromatic heterocycles. The second kappa shape index (κ2) is 13.1. The van der Waals surface area contributed by atoms with Crippen molar-refractivity contribution in [2.75, 3.05) is 12.4 Å². The first-order valence-electron chi connectivity index (χ1n) is 11.3. The van der Waals surface area contributed by atoms with Gasteiger partial charge in [0.15, 0.2) is 0 Å². The van der Waals surface area contributed by atoms with Crippen LogP contribution in [0.15, 0.2) is 30.5 Å². The fourth-order valence-corrected chi connectivity index (χ4v) is 3.69. The second-order valence-corrected chi connectivity index (χ2v) is 8.73. The summed E-state index contributed by atoms with van der Waals surface area (Å²) in [4.78, 5) is 52.8. The van der Waals surface area contributed by atoms with Gasteiger partial charge in [0.05, 0.1) is 12.6 Å². The summed E-state index contributed by atoms with van der Waals surface area (Å²) >= 11 is 4.15. The first kappa shape index (κ1) is 28.1. The minimum absolute atomic E-state index is 0.0268. The number of aromatic amines is 1. The summed E-state index contributed by atoms with van der Waals surface area (Å²) in [5.41, 5.74) is 7.49. The maximum Gasteiger partial charge on any atom is 0.328 e. The average Bonchev–Trinajstić information content (AvgIpc) is 3.26. The van der Waals surface area contributed by atoms with Gasteiger partial charge in [-0.3, -0.25) is 14.4 Å². The minimum Gasteiger partial charge on any atom is -0.480 e. The van der Waals surface area contributed by atoms with Crippen LogP contribution >= 0.6 is 12.6 Å². The van der Waals surface area contributed by atoms with Crippen molar-refractivity contribution >= 4 is 47.2 Å². The van der Waals surface area contributed by atoms with Crippen molar-refractivity contribution in [3.63, 3.8) is 0 Å². The summed E-state index contributed by atoms with van der Waals surface area (Å²) in [5, 5.41) is 26.7. The molecule has 0 saturated carbocycles. The first-order chi connectivity index (χ1) is 16.6. The van der Waals surface area contributed by atoms with E-state index in [1.54, 1.807) is 6.20 Å². The SMILES string of the molecule is CCC(C)C(N)C(=O)NC(CS)C(=O)NC(Cc1c[nH]c2ccccc12)C(=O)NC(CO)C(=O)O. The highest BCUT2D eigenvalue weighted by Crippen LogP contribution is 2.19. The van der Waals surface area contributed by atoms with Gasteiger partial charge in [0.25, 0.3) is 0 Å². The number of carboxylic acids is 1. The Morgan fingerprint density at radius 1 is 1.03 bits per heavy atom. The number of hydrogen-bond donors (Lipinski definition) is 8. The second-order valence-electron chi connectivity index (χ2n) is 8.36. The van der Waals surface area contributed by atoms with Crippen molar-refractivity contribution in [2.45, 2.75) is 50.9 Å². The molecule has 3 amide bonds. The molecule has 0 aliphatic carbocycles. The number of amides is 3. The molecule has 0 fully saturated rings. The number of hydrogen-bond acceptors (Lipinski definition) is 7. The Balaban J connectivity index is 2.24. The summed E-state index contributed by atoms with van der Waals surface area (Å²) in [6, 6.07) is 2.74. The van der Waals surface area contributed by atoms with E-state index in [4.69, 9.17) is 5.73 Å². The van der Waals surface area contributed by atoms with Crippen LogP contribution in [0.3, 0.4) is 0 Å². The summed E-state index contributed by atoms with van der Waals surface area (Å²) in [6.07, 6.45) is 2.40. The summed E-state index contributed by atoms with van der Waals surface area (Å²) < 4.78 is 0. The highest BCUT2D eigenvalue weighted by molar-refractivity contribution is 7.80. The van der Waals surface area contributed by atoms with Crippen molar-refractivity contribution in [2.24, 2.45) is 11.7 Å². The smallest absolute Gasteiger partial charge is 0.328 e. The molecule has 2 rings (SSSR count). The number of aliphatic hydroxyl groups excluding tert-OH is 1. The van der Waals surface area contributed by atoms with Gasteiger partial charge in [-0.05, 0) is 17.5 Å². The van der Waals surface area contributed by atoms with Crippen LogP contribution in [-0.2, 0) is 25.6 Å². The molecule has 0 radical (unpaired) electrons. The first-order valence-corrected chi connectivity index (χ1v) is 11.9. The van der Waals surface area contributed by atoms with Crippen molar-refractivity contribution in [3.8, 4) is 0 Å². The third-order valence-electron chi connectivity index (χ3n) is 5.90. The van der Waals surface area contributed by atoms with Gasteiger partial charge in [-0.1, -0.05) is 38.5 Å². The Bertz CT molecular complexity index is 1040. The van der Waals surface area contributed by atoms with Gasteiger partial charge >= 0.3 is 5.97 Å².